The maximum absolute atomic E-state index is 12.2. The topological polar surface area (TPSA) is 78.4 Å². The van der Waals surface area contributed by atoms with Gasteiger partial charge >= 0.3 is 12.0 Å². The van der Waals surface area contributed by atoms with Crippen LogP contribution in [0.2, 0.25) is 0 Å². The normalized spacial score (nSPS) is 11.3. The van der Waals surface area contributed by atoms with Crippen LogP contribution in [0, 0.1) is 13.8 Å². The third-order valence-electron chi connectivity index (χ3n) is 4.24. The largest absolute Gasteiger partial charge is 0.478 e. The van der Waals surface area contributed by atoms with Crippen LogP contribution in [0.15, 0.2) is 0 Å². The molecule has 1 rings (SSSR count). The van der Waals surface area contributed by atoms with Crippen LogP contribution in [0.3, 0.4) is 0 Å². The van der Waals surface area contributed by atoms with Gasteiger partial charge in [-0.05, 0) is 38.7 Å². The van der Waals surface area contributed by atoms with E-state index in [9.17, 15) is 14.7 Å². The van der Waals surface area contributed by atoms with Gasteiger partial charge in [-0.1, -0.05) is 20.8 Å². The summed E-state index contributed by atoms with van der Waals surface area (Å²) in [5, 5.41) is 15.4. The molecule has 118 valence electrons. The Morgan fingerprint density at radius 1 is 1.14 bits per heavy atom. The van der Waals surface area contributed by atoms with E-state index in [-0.39, 0.29) is 17.1 Å². The van der Waals surface area contributed by atoms with Crippen LogP contribution < -0.4 is 10.6 Å². The van der Waals surface area contributed by atoms with E-state index in [1.54, 1.807) is 6.92 Å². The maximum Gasteiger partial charge on any atom is 0.338 e. The standard InChI is InChI=1S/C15H24N2O3S/c1-6-15(7-2,8-3)17-14(20)16-12-11(13(18)19)9(4)10(5)21-12/h6-8H2,1-5H3,(H,18,19)(H2,16,17,20). The molecular weight excluding hydrogens is 288 g/mol. The van der Waals surface area contributed by atoms with E-state index in [4.69, 9.17) is 0 Å². The molecule has 0 radical (unpaired) electrons. The number of carbonyl (C=O) groups excluding carboxylic acids is 1. The molecular formula is C15H24N2O3S. The van der Waals surface area contributed by atoms with Gasteiger partial charge < -0.3 is 10.4 Å². The number of hydrogen-bond acceptors (Lipinski definition) is 3. The monoisotopic (exact) mass is 312 g/mol. The average Bonchev–Trinajstić information content (AvgIpc) is 2.71. The summed E-state index contributed by atoms with van der Waals surface area (Å²) in [6.07, 6.45) is 2.51. The Morgan fingerprint density at radius 2 is 1.67 bits per heavy atom. The predicted molar refractivity (Wildman–Crippen MR) is 86.5 cm³/mol. The maximum atomic E-state index is 12.2. The van der Waals surface area contributed by atoms with Crippen molar-refractivity contribution < 1.29 is 14.7 Å². The van der Waals surface area contributed by atoms with Crippen LogP contribution in [0.5, 0.6) is 0 Å². The fraction of sp³-hybridized carbons (Fsp3) is 0.600. The van der Waals surface area contributed by atoms with Crippen molar-refractivity contribution in [1.82, 2.24) is 5.32 Å². The summed E-state index contributed by atoms with van der Waals surface area (Å²) in [5.41, 5.74) is 0.646. The molecule has 0 bridgehead atoms. The molecule has 3 N–H and O–H groups in total. The number of rotatable bonds is 6. The Hall–Kier alpha value is -1.56. The SMILES string of the molecule is CCC(CC)(CC)NC(=O)Nc1sc(C)c(C)c1C(=O)O. The van der Waals surface area contributed by atoms with Gasteiger partial charge in [0.05, 0.1) is 5.56 Å². The van der Waals surface area contributed by atoms with Crippen molar-refractivity contribution in [1.29, 1.82) is 0 Å². The molecule has 1 heterocycles. The highest BCUT2D eigenvalue weighted by molar-refractivity contribution is 7.16. The fourth-order valence-corrected chi connectivity index (χ4v) is 3.41. The number of thiophene rings is 1. The molecule has 0 unspecified atom stereocenters. The first-order valence-electron chi connectivity index (χ1n) is 7.22. The number of hydrogen-bond donors (Lipinski definition) is 3. The quantitative estimate of drug-likeness (QED) is 0.738. The number of carboxylic acids is 1. The zero-order valence-corrected chi connectivity index (χ0v) is 14.1. The number of amides is 2. The highest BCUT2D eigenvalue weighted by atomic mass is 32.1. The van der Waals surface area contributed by atoms with Gasteiger partial charge in [0.1, 0.15) is 5.00 Å². The molecule has 1 aromatic heterocycles. The van der Waals surface area contributed by atoms with Gasteiger partial charge in [-0.2, -0.15) is 0 Å². The van der Waals surface area contributed by atoms with Crippen molar-refractivity contribution >= 4 is 28.3 Å². The Kier molecular flexibility index (Phi) is 5.78. The Balaban J connectivity index is 2.94. The first-order chi connectivity index (χ1) is 9.80. The summed E-state index contributed by atoms with van der Waals surface area (Å²) in [6, 6.07) is -0.343. The molecule has 2 amide bonds. The van der Waals surface area contributed by atoms with Crippen LogP contribution in [0.25, 0.3) is 0 Å². The van der Waals surface area contributed by atoms with E-state index in [1.165, 1.54) is 11.3 Å². The number of carboxylic acid groups (broad SMARTS) is 1. The van der Waals surface area contributed by atoms with Crippen molar-refractivity contribution in [3.05, 3.63) is 16.0 Å². The van der Waals surface area contributed by atoms with Gasteiger partial charge in [-0.3, -0.25) is 5.32 Å². The highest BCUT2D eigenvalue weighted by Gasteiger charge is 2.27. The fourth-order valence-electron chi connectivity index (χ4n) is 2.36. The minimum Gasteiger partial charge on any atom is -0.478 e. The third-order valence-corrected chi connectivity index (χ3v) is 5.36. The van der Waals surface area contributed by atoms with Crippen molar-refractivity contribution in [2.75, 3.05) is 5.32 Å². The summed E-state index contributed by atoms with van der Waals surface area (Å²) in [4.78, 5) is 24.4. The smallest absolute Gasteiger partial charge is 0.338 e. The number of nitrogens with one attached hydrogen (secondary N) is 2. The molecule has 0 aliphatic rings. The van der Waals surface area contributed by atoms with Crippen LogP contribution in [0.1, 0.15) is 60.8 Å². The molecule has 6 heteroatoms. The number of carbonyl (C=O) groups is 2. The summed E-state index contributed by atoms with van der Waals surface area (Å²) in [5.74, 6) is -1.01. The first-order valence-corrected chi connectivity index (χ1v) is 8.04. The lowest BCUT2D eigenvalue weighted by Gasteiger charge is -2.31. The third kappa shape index (κ3) is 3.75. The lowest BCUT2D eigenvalue weighted by atomic mass is 9.90. The van der Waals surface area contributed by atoms with Crippen molar-refractivity contribution in [2.45, 2.75) is 59.4 Å². The van der Waals surface area contributed by atoms with Gasteiger partial charge in [0.25, 0.3) is 0 Å². The first kappa shape index (κ1) is 17.5. The van der Waals surface area contributed by atoms with E-state index in [0.717, 1.165) is 24.1 Å². The second-order valence-electron chi connectivity index (χ2n) is 5.21. The van der Waals surface area contributed by atoms with E-state index in [1.807, 2.05) is 27.7 Å². The second-order valence-corrected chi connectivity index (χ2v) is 6.44. The van der Waals surface area contributed by atoms with Crippen molar-refractivity contribution in [2.24, 2.45) is 0 Å². The van der Waals surface area contributed by atoms with Crippen molar-refractivity contribution in [3.63, 3.8) is 0 Å². The molecule has 21 heavy (non-hydrogen) atoms. The van der Waals surface area contributed by atoms with E-state index >= 15 is 0 Å². The van der Waals surface area contributed by atoms with Gasteiger partial charge in [0, 0.05) is 10.4 Å². The van der Waals surface area contributed by atoms with E-state index in [2.05, 4.69) is 10.6 Å². The molecule has 1 aromatic rings. The number of aromatic carboxylic acids is 1. The molecule has 0 aliphatic heterocycles. The Morgan fingerprint density at radius 3 is 2.10 bits per heavy atom. The molecule has 0 aliphatic carbocycles. The number of urea groups is 1. The zero-order valence-electron chi connectivity index (χ0n) is 13.3. The van der Waals surface area contributed by atoms with Crippen LogP contribution >= 0.6 is 11.3 Å². The van der Waals surface area contributed by atoms with Gasteiger partial charge in [-0.25, -0.2) is 9.59 Å². The van der Waals surface area contributed by atoms with E-state index < -0.39 is 5.97 Å². The Bertz CT molecular complexity index is 525. The molecule has 0 saturated carbocycles. The van der Waals surface area contributed by atoms with Gasteiger partial charge in [0.2, 0.25) is 0 Å². The molecule has 5 nitrogen and oxygen atoms in total. The highest BCUT2D eigenvalue weighted by Crippen LogP contribution is 2.32. The lowest BCUT2D eigenvalue weighted by molar-refractivity contribution is 0.0697. The number of anilines is 1. The second kappa shape index (κ2) is 6.93. The lowest BCUT2D eigenvalue weighted by Crippen LogP contribution is -2.48. The average molecular weight is 312 g/mol. The summed E-state index contributed by atoms with van der Waals surface area (Å²) in [6.45, 7) is 9.72. The molecule has 0 spiro atoms. The molecule has 0 saturated heterocycles. The van der Waals surface area contributed by atoms with Crippen LogP contribution in [0.4, 0.5) is 9.80 Å². The van der Waals surface area contributed by atoms with Crippen LogP contribution in [-0.4, -0.2) is 22.6 Å². The minimum absolute atomic E-state index is 0.183. The van der Waals surface area contributed by atoms with E-state index in [0.29, 0.717) is 10.6 Å². The number of aryl methyl sites for hydroxylation is 1. The summed E-state index contributed by atoms with van der Waals surface area (Å²) in [7, 11) is 0. The van der Waals surface area contributed by atoms with Gasteiger partial charge in [-0.15, -0.1) is 11.3 Å². The predicted octanol–water partition coefficient (Wildman–Crippen LogP) is 4.15. The van der Waals surface area contributed by atoms with Gasteiger partial charge in [0.15, 0.2) is 0 Å². The van der Waals surface area contributed by atoms with Crippen molar-refractivity contribution in [3.8, 4) is 0 Å². The molecule has 0 aromatic carbocycles. The summed E-state index contributed by atoms with van der Waals surface area (Å²) >= 11 is 1.29. The summed E-state index contributed by atoms with van der Waals surface area (Å²) < 4.78 is 0. The minimum atomic E-state index is -1.01. The zero-order chi connectivity index (χ0) is 16.2. The Labute approximate surface area is 129 Å². The molecule has 0 atom stereocenters. The molecule has 0 fully saturated rings. The van der Waals surface area contributed by atoms with Crippen LogP contribution in [-0.2, 0) is 0 Å².